The molecule has 30 heavy (non-hydrogen) atoms. The van der Waals surface area contributed by atoms with Crippen molar-refractivity contribution >= 4 is 45.0 Å². The van der Waals surface area contributed by atoms with Crippen LogP contribution in [0, 0.1) is 0 Å². The summed E-state index contributed by atoms with van der Waals surface area (Å²) < 4.78 is 10.2. The molecule has 0 aliphatic heterocycles. The Morgan fingerprint density at radius 2 is 1.23 bits per heavy atom. The van der Waals surface area contributed by atoms with E-state index in [0.29, 0.717) is 5.56 Å². The topological polar surface area (TPSA) is 30.2 Å². The molecule has 1 heterocycles. The molecule has 4 aromatic carbocycles. The Kier molecular flexibility index (Phi) is 5.09. The fourth-order valence-corrected chi connectivity index (χ4v) is 8.43. The number of benzene rings is 4. The van der Waals surface area contributed by atoms with Gasteiger partial charge in [-0.25, -0.2) is 0 Å². The molecule has 0 atom stereocenters. The summed E-state index contributed by atoms with van der Waals surface area (Å²) >= 11 is -1.62. The Morgan fingerprint density at radius 3 is 1.83 bits per heavy atom. The summed E-state index contributed by atoms with van der Waals surface area (Å²) in [5.74, 6) is 0.818. The molecule has 0 aliphatic rings. The van der Waals surface area contributed by atoms with E-state index in [0.717, 1.165) is 28.6 Å². The quantitative estimate of drug-likeness (QED) is 0.293. The van der Waals surface area contributed by atoms with Gasteiger partial charge >= 0.3 is 180 Å². The Morgan fingerprint density at radius 1 is 0.633 bits per heavy atom. The van der Waals surface area contributed by atoms with Gasteiger partial charge in [0.05, 0.1) is 0 Å². The molecule has 0 aliphatic carbocycles. The summed E-state index contributed by atoms with van der Waals surface area (Å²) in [4.78, 5) is 11.0. The Bertz CT molecular complexity index is 1250. The SMILES string of the molecule is O=Cc1ccc2cc(-c3ccc([As](c4ccccc4)c4ccccc4)cc3)oc2c1. The Hall–Kier alpha value is -3.35. The van der Waals surface area contributed by atoms with E-state index in [-0.39, 0.29) is 0 Å². The molecule has 144 valence electrons. The van der Waals surface area contributed by atoms with Crippen molar-refractivity contribution in [3.8, 4) is 11.3 Å². The second kappa shape index (κ2) is 8.18. The first kappa shape index (κ1) is 18.7. The van der Waals surface area contributed by atoms with E-state index < -0.39 is 14.7 Å². The molecule has 0 N–H and O–H groups in total. The summed E-state index contributed by atoms with van der Waals surface area (Å²) in [5.41, 5.74) is 2.40. The number of hydrogen-bond acceptors (Lipinski definition) is 2. The van der Waals surface area contributed by atoms with Crippen molar-refractivity contribution in [2.24, 2.45) is 0 Å². The van der Waals surface area contributed by atoms with Crippen LogP contribution in [0.15, 0.2) is 114 Å². The molecule has 0 unspecified atom stereocenters. The molecule has 1 aromatic heterocycles. The van der Waals surface area contributed by atoms with Crippen LogP contribution in [0.2, 0.25) is 0 Å². The van der Waals surface area contributed by atoms with E-state index in [1.54, 1.807) is 6.07 Å². The molecule has 5 aromatic rings. The standard InChI is InChI=1S/C27H19AsO2/c29-19-20-11-12-22-18-27(30-26(22)17-20)21-13-15-25(16-14-21)28(23-7-3-1-4-8-23)24-9-5-2-6-10-24/h1-19H. The van der Waals surface area contributed by atoms with Crippen molar-refractivity contribution in [1.29, 1.82) is 0 Å². The molecule has 0 saturated heterocycles. The molecular weight excluding hydrogens is 431 g/mol. The van der Waals surface area contributed by atoms with Crippen LogP contribution in [0.4, 0.5) is 0 Å². The molecular formula is C27H19AsO2. The molecule has 0 spiro atoms. The van der Waals surface area contributed by atoms with E-state index in [9.17, 15) is 4.79 Å². The normalized spacial score (nSPS) is 11.1. The third kappa shape index (κ3) is 3.63. The Labute approximate surface area is 180 Å². The zero-order chi connectivity index (χ0) is 20.3. The van der Waals surface area contributed by atoms with Gasteiger partial charge in [0.25, 0.3) is 0 Å². The van der Waals surface area contributed by atoms with Gasteiger partial charge in [-0.05, 0) is 0 Å². The van der Waals surface area contributed by atoms with E-state index in [2.05, 4.69) is 84.9 Å². The maximum atomic E-state index is 11.0. The third-order valence-electron chi connectivity index (χ3n) is 5.12. The molecule has 0 radical (unpaired) electrons. The van der Waals surface area contributed by atoms with Gasteiger partial charge < -0.3 is 0 Å². The van der Waals surface area contributed by atoms with Crippen LogP contribution in [0.25, 0.3) is 22.3 Å². The first-order valence-electron chi connectivity index (χ1n) is 9.81. The molecule has 0 saturated carbocycles. The van der Waals surface area contributed by atoms with Gasteiger partial charge in [0.15, 0.2) is 0 Å². The minimum atomic E-state index is -1.62. The second-order valence-electron chi connectivity index (χ2n) is 7.08. The van der Waals surface area contributed by atoms with Crippen molar-refractivity contribution < 1.29 is 9.21 Å². The number of hydrogen-bond donors (Lipinski definition) is 0. The fraction of sp³-hybridized carbons (Fsp3) is 0. The van der Waals surface area contributed by atoms with Crippen LogP contribution in [0.3, 0.4) is 0 Å². The number of fused-ring (bicyclic) bond motifs is 1. The van der Waals surface area contributed by atoms with E-state index in [1.807, 2.05) is 18.2 Å². The van der Waals surface area contributed by atoms with Crippen molar-refractivity contribution in [2.45, 2.75) is 0 Å². The summed E-state index contributed by atoms with van der Waals surface area (Å²) in [6, 6.07) is 37.9. The van der Waals surface area contributed by atoms with Crippen LogP contribution in [-0.4, -0.2) is 20.9 Å². The number of aldehydes is 1. The van der Waals surface area contributed by atoms with Crippen molar-refractivity contribution in [1.82, 2.24) is 0 Å². The third-order valence-corrected chi connectivity index (χ3v) is 10.2. The Balaban J connectivity index is 1.53. The summed E-state index contributed by atoms with van der Waals surface area (Å²) in [5, 5.41) is 1.00. The van der Waals surface area contributed by atoms with Gasteiger partial charge in [-0.1, -0.05) is 0 Å². The average molecular weight is 450 g/mol. The van der Waals surface area contributed by atoms with Crippen LogP contribution in [0.1, 0.15) is 10.4 Å². The average Bonchev–Trinajstić information content (AvgIpc) is 3.24. The van der Waals surface area contributed by atoms with Crippen molar-refractivity contribution in [2.75, 3.05) is 0 Å². The van der Waals surface area contributed by atoms with Crippen LogP contribution >= 0.6 is 0 Å². The number of carbonyl (C=O) groups excluding carboxylic acids is 1. The van der Waals surface area contributed by atoms with Crippen LogP contribution < -0.4 is 13.1 Å². The molecule has 0 bridgehead atoms. The van der Waals surface area contributed by atoms with Crippen LogP contribution in [0.5, 0.6) is 0 Å². The molecule has 3 heteroatoms. The van der Waals surface area contributed by atoms with Gasteiger partial charge in [-0.2, -0.15) is 0 Å². The van der Waals surface area contributed by atoms with Gasteiger partial charge in [0, 0.05) is 0 Å². The zero-order valence-corrected chi connectivity index (χ0v) is 18.1. The van der Waals surface area contributed by atoms with Gasteiger partial charge in [0.2, 0.25) is 0 Å². The molecule has 5 rings (SSSR count). The number of carbonyl (C=O) groups is 1. The summed E-state index contributed by atoms with van der Waals surface area (Å²) in [7, 11) is 0. The molecule has 2 nitrogen and oxygen atoms in total. The zero-order valence-electron chi connectivity index (χ0n) is 16.2. The first-order valence-corrected chi connectivity index (χ1v) is 12.6. The van der Waals surface area contributed by atoms with Crippen LogP contribution in [-0.2, 0) is 0 Å². The fourth-order valence-electron chi connectivity index (χ4n) is 3.64. The van der Waals surface area contributed by atoms with E-state index >= 15 is 0 Å². The summed E-state index contributed by atoms with van der Waals surface area (Å²) in [6.07, 6.45) is 0.842. The maximum absolute atomic E-state index is 11.0. The monoisotopic (exact) mass is 450 g/mol. The minimum absolute atomic E-state index is 0.624. The predicted octanol–water partition coefficient (Wildman–Crippen LogP) is 4.43. The van der Waals surface area contributed by atoms with Gasteiger partial charge in [-0.15, -0.1) is 0 Å². The second-order valence-corrected chi connectivity index (χ2v) is 11.7. The predicted molar refractivity (Wildman–Crippen MR) is 125 cm³/mol. The van der Waals surface area contributed by atoms with E-state index in [1.165, 1.54) is 13.1 Å². The summed E-state index contributed by atoms with van der Waals surface area (Å²) in [6.45, 7) is 0. The number of furan rings is 1. The number of rotatable bonds is 5. The van der Waals surface area contributed by atoms with Gasteiger partial charge in [-0.3, -0.25) is 0 Å². The molecule has 0 fully saturated rings. The first-order chi connectivity index (χ1) is 14.8. The van der Waals surface area contributed by atoms with Crippen molar-refractivity contribution in [3.05, 3.63) is 115 Å². The van der Waals surface area contributed by atoms with Crippen molar-refractivity contribution in [3.63, 3.8) is 0 Å². The van der Waals surface area contributed by atoms with E-state index in [4.69, 9.17) is 4.42 Å². The van der Waals surface area contributed by atoms with Gasteiger partial charge in [0.1, 0.15) is 0 Å². The molecule has 0 amide bonds.